The van der Waals surface area contributed by atoms with Gasteiger partial charge in [-0.3, -0.25) is 9.59 Å². The number of amides is 2. The van der Waals surface area contributed by atoms with Gasteiger partial charge in [-0.1, -0.05) is 0 Å². The van der Waals surface area contributed by atoms with Gasteiger partial charge in [-0.2, -0.15) is 13.2 Å². The zero-order valence-corrected chi connectivity index (χ0v) is 12.2. The number of primary amides is 1. The average molecular weight is 341 g/mol. The number of carbonyl (C=O) groups excluding carboxylic acids is 2. The van der Waals surface area contributed by atoms with E-state index in [4.69, 9.17) is 5.73 Å². The normalized spacial score (nSPS) is 11.2. The molecule has 3 N–H and O–H groups in total. The lowest BCUT2D eigenvalue weighted by Crippen LogP contribution is -2.19. The third kappa shape index (κ3) is 3.50. The predicted molar refractivity (Wildman–Crippen MR) is 76.8 cm³/mol. The number of anilines is 1. The standard InChI is InChI=1S/C15H11F4N3O2/c1-7-9(15(17,18)19)3-4-10(16)12(7)14(24)22-8-2-5-11(13(20)23)21-6-8/h2-6H,1H3,(H2,20,23)(H,22,24). The van der Waals surface area contributed by atoms with E-state index in [0.717, 1.165) is 13.1 Å². The summed E-state index contributed by atoms with van der Waals surface area (Å²) in [6.45, 7) is 1.01. The van der Waals surface area contributed by atoms with Gasteiger partial charge in [0.2, 0.25) is 0 Å². The topological polar surface area (TPSA) is 85.1 Å². The van der Waals surface area contributed by atoms with E-state index in [1.165, 1.54) is 12.1 Å². The van der Waals surface area contributed by atoms with Crippen LogP contribution in [0.15, 0.2) is 30.5 Å². The molecule has 5 nitrogen and oxygen atoms in total. The minimum atomic E-state index is -4.71. The molecule has 1 heterocycles. The number of pyridine rings is 1. The summed E-state index contributed by atoms with van der Waals surface area (Å²) in [5.41, 5.74) is 2.67. The highest BCUT2D eigenvalue weighted by molar-refractivity contribution is 6.05. The van der Waals surface area contributed by atoms with E-state index >= 15 is 0 Å². The molecule has 0 fully saturated rings. The van der Waals surface area contributed by atoms with Crippen molar-refractivity contribution in [3.05, 3.63) is 58.7 Å². The quantitative estimate of drug-likeness (QED) is 0.842. The summed E-state index contributed by atoms with van der Waals surface area (Å²) in [7, 11) is 0. The minimum absolute atomic E-state index is 0.0607. The maximum atomic E-state index is 13.8. The molecule has 0 aliphatic heterocycles. The molecule has 0 unspecified atom stereocenters. The number of benzene rings is 1. The van der Waals surface area contributed by atoms with Crippen LogP contribution in [-0.2, 0) is 6.18 Å². The first-order valence-corrected chi connectivity index (χ1v) is 6.54. The summed E-state index contributed by atoms with van der Waals surface area (Å²) >= 11 is 0. The summed E-state index contributed by atoms with van der Waals surface area (Å²) in [6.07, 6.45) is -3.63. The Morgan fingerprint density at radius 2 is 1.83 bits per heavy atom. The van der Waals surface area contributed by atoms with Crippen molar-refractivity contribution in [2.24, 2.45) is 5.73 Å². The molecule has 1 aromatic heterocycles. The van der Waals surface area contributed by atoms with Gasteiger partial charge in [0.25, 0.3) is 11.8 Å². The number of hydrogen-bond donors (Lipinski definition) is 2. The van der Waals surface area contributed by atoms with Gasteiger partial charge in [-0.25, -0.2) is 9.37 Å². The molecule has 2 amide bonds. The highest BCUT2D eigenvalue weighted by Gasteiger charge is 2.34. The van der Waals surface area contributed by atoms with Gasteiger partial charge in [0.05, 0.1) is 23.0 Å². The van der Waals surface area contributed by atoms with Crippen molar-refractivity contribution in [3.8, 4) is 0 Å². The van der Waals surface area contributed by atoms with Crippen LogP contribution in [-0.4, -0.2) is 16.8 Å². The average Bonchev–Trinajstić information content (AvgIpc) is 2.46. The fourth-order valence-corrected chi connectivity index (χ4v) is 2.07. The Labute approximate surface area is 133 Å². The molecule has 0 aliphatic rings. The van der Waals surface area contributed by atoms with Crippen LogP contribution in [0.2, 0.25) is 0 Å². The SMILES string of the molecule is Cc1c(C(F)(F)F)ccc(F)c1C(=O)Nc1ccc(C(N)=O)nc1. The van der Waals surface area contributed by atoms with Crippen molar-refractivity contribution in [2.75, 3.05) is 5.32 Å². The number of carbonyl (C=O) groups is 2. The second kappa shape index (κ2) is 6.26. The molecule has 9 heteroatoms. The van der Waals surface area contributed by atoms with Crippen LogP contribution in [0.25, 0.3) is 0 Å². The molecule has 0 bridgehead atoms. The largest absolute Gasteiger partial charge is 0.416 e. The first-order valence-electron chi connectivity index (χ1n) is 6.54. The second-order valence-corrected chi connectivity index (χ2v) is 4.84. The molecule has 0 radical (unpaired) electrons. The minimum Gasteiger partial charge on any atom is -0.364 e. The fourth-order valence-electron chi connectivity index (χ4n) is 2.07. The van der Waals surface area contributed by atoms with E-state index < -0.39 is 40.5 Å². The van der Waals surface area contributed by atoms with E-state index in [2.05, 4.69) is 10.3 Å². The third-order valence-corrected chi connectivity index (χ3v) is 3.22. The van der Waals surface area contributed by atoms with Crippen molar-refractivity contribution in [3.63, 3.8) is 0 Å². The molecule has 0 atom stereocenters. The number of nitrogens with zero attached hydrogens (tertiary/aromatic N) is 1. The number of nitrogens with one attached hydrogen (secondary N) is 1. The van der Waals surface area contributed by atoms with Gasteiger partial charge in [0.15, 0.2) is 0 Å². The van der Waals surface area contributed by atoms with E-state index in [1.807, 2.05) is 0 Å². The summed E-state index contributed by atoms with van der Waals surface area (Å²) in [4.78, 5) is 26.7. The number of aromatic nitrogens is 1. The summed E-state index contributed by atoms with van der Waals surface area (Å²) in [5, 5.41) is 2.22. The number of alkyl halides is 3. The maximum Gasteiger partial charge on any atom is 0.416 e. The molecule has 0 saturated carbocycles. The van der Waals surface area contributed by atoms with Crippen molar-refractivity contribution in [1.82, 2.24) is 4.98 Å². The van der Waals surface area contributed by atoms with Gasteiger partial charge in [-0.05, 0) is 36.8 Å². The van der Waals surface area contributed by atoms with Crippen LogP contribution in [0.3, 0.4) is 0 Å². The smallest absolute Gasteiger partial charge is 0.364 e. The Morgan fingerprint density at radius 3 is 2.33 bits per heavy atom. The zero-order valence-electron chi connectivity index (χ0n) is 12.2. The molecular formula is C15H11F4N3O2. The van der Waals surface area contributed by atoms with Crippen LogP contribution >= 0.6 is 0 Å². The zero-order chi connectivity index (χ0) is 18.1. The van der Waals surface area contributed by atoms with Gasteiger partial charge >= 0.3 is 6.18 Å². The van der Waals surface area contributed by atoms with Crippen LogP contribution in [0, 0.1) is 12.7 Å². The molecule has 0 saturated heterocycles. The van der Waals surface area contributed by atoms with E-state index in [1.54, 1.807) is 0 Å². The van der Waals surface area contributed by atoms with Crippen LogP contribution < -0.4 is 11.1 Å². The molecule has 24 heavy (non-hydrogen) atoms. The third-order valence-electron chi connectivity index (χ3n) is 3.22. The number of halogens is 4. The van der Waals surface area contributed by atoms with Crippen LogP contribution in [0.1, 0.15) is 32.0 Å². The number of hydrogen-bond acceptors (Lipinski definition) is 3. The molecular weight excluding hydrogens is 330 g/mol. The summed E-state index contributed by atoms with van der Waals surface area (Å²) < 4.78 is 52.4. The first-order chi connectivity index (χ1) is 11.1. The Morgan fingerprint density at radius 1 is 1.17 bits per heavy atom. The van der Waals surface area contributed by atoms with Gasteiger partial charge < -0.3 is 11.1 Å². The summed E-state index contributed by atoms with van der Waals surface area (Å²) in [5.74, 6) is -2.93. The highest BCUT2D eigenvalue weighted by atomic mass is 19.4. The Hall–Kier alpha value is -2.97. The highest BCUT2D eigenvalue weighted by Crippen LogP contribution is 2.34. The maximum absolute atomic E-state index is 13.8. The van der Waals surface area contributed by atoms with Crippen molar-refractivity contribution < 1.29 is 27.2 Å². The second-order valence-electron chi connectivity index (χ2n) is 4.84. The van der Waals surface area contributed by atoms with Crippen molar-refractivity contribution in [2.45, 2.75) is 13.1 Å². The van der Waals surface area contributed by atoms with Crippen molar-refractivity contribution in [1.29, 1.82) is 0 Å². The number of rotatable bonds is 3. The first kappa shape index (κ1) is 17.4. The van der Waals surface area contributed by atoms with Gasteiger partial charge in [-0.15, -0.1) is 0 Å². The Balaban J connectivity index is 2.34. The van der Waals surface area contributed by atoms with Gasteiger partial charge in [0.1, 0.15) is 11.5 Å². The molecule has 126 valence electrons. The lowest BCUT2D eigenvalue weighted by atomic mass is 10.0. The molecule has 0 aliphatic carbocycles. The van der Waals surface area contributed by atoms with E-state index in [-0.39, 0.29) is 11.4 Å². The lowest BCUT2D eigenvalue weighted by Gasteiger charge is -2.14. The predicted octanol–water partition coefficient (Wildman–Crippen LogP) is 2.90. The van der Waals surface area contributed by atoms with E-state index in [0.29, 0.717) is 12.1 Å². The Kier molecular flexibility index (Phi) is 4.54. The molecule has 0 spiro atoms. The number of nitrogens with two attached hydrogens (primary N) is 1. The lowest BCUT2D eigenvalue weighted by molar-refractivity contribution is -0.138. The molecule has 1 aromatic carbocycles. The van der Waals surface area contributed by atoms with Crippen molar-refractivity contribution >= 4 is 17.5 Å². The monoisotopic (exact) mass is 341 g/mol. The fraction of sp³-hybridized carbons (Fsp3) is 0.133. The Bertz CT molecular complexity index is 802. The van der Waals surface area contributed by atoms with E-state index in [9.17, 15) is 27.2 Å². The van der Waals surface area contributed by atoms with Crippen LogP contribution in [0.4, 0.5) is 23.2 Å². The van der Waals surface area contributed by atoms with Crippen LogP contribution in [0.5, 0.6) is 0 Å². The molecule has 2 rings (SSSR count). The summed E-state index contributed by atoms with van der Waals surface area (Å²) in [6, 6.07) is 3.64. The van der Waals surface area contributed by atoms with Gasteiger partial charge in [0, 0.05) is 0 Å². The molecule has 2 aromatic rings.